The molecule has 0 saturated heterocycles. The van der Waals surface area contributed by atoms with Crippen LogP contribution in [0.3, 0.4) is 0 Å². The van der Waals surface area contributed by atoms with Crippen LogP contribution in [0.4, 0.5) is 0 Å². The molecule has 0 aliphatic rings. The number of halogens is 1. The third-order valence-corrected chi connectivity index (χ3v) is 23.3. The molecule has 0 N–H and O–H groups in total. The average Bonchev–Trinajstić information content (AvgIpc) is 2.79. The van der Waals surface area contributed by atoms with Gasteiger partial charge in [-0.05, 0) is 0 Å². The van der Waals surface area contributed by atoms with Gasteiger partial charge in [0, 0.05) is 0 Å². The first-order chi connectivity index (χ1) is 15.4. The molecule has 0 radical (unpaired) electrons. The van der Waals surface area contributed by atoms with E-state index < -0.39 is 18.4 Å². The first-order valence-corrected chi connectivity index (χ1v) is 20.6. The van der Waals surface area contributed by atoms with Gasteiger partial charge in [0.1, 0.15) is 0 Å². The fourth-order valence-electron chi connectivity index (χ4n) is 4.43. The molecule has 1 aromatic carbocycles. The number of rotatable bonds is 17. The molecule has 1 rings (SSSR count). The summed E-state index contributed by atoms with van der Waals surface area (Å²) < 4.78 is 17.0. The first kappa shape index (κ1) is 29.4. The van der Waals surface area contributed by atoms with Crippen molar-refractivity contribution in [3.8, 4) is 5.75 Å². The maximum atomic E-state index is 13.1. The van der Waals surface area contributed by atoms with Crippen molar-refractivity contribution >= 4 is 35.9 Å². The molecule has 0 heterocycles. The van der Waals surface area contributed by atoms with Gasteiger partial charge in [-0.15, -0.1) is 0 Å². The number of benzene rings is 1. The van der Waals surface area contributed by atoms with E-state index in [1.807, 2.05) is 31.2 Å². The summed E-state index contributed by atoms with van der Waals surface area (Å²) in [5.74, 6) is 0.720. The Bertz CT molecular complexity index is 663. The molecule has 0 aliphatic carbocycles. The topological polar surface area (TPSA) is 35.5 Å². The third kappa shape index (κ3) is 10.1. The zero-order valence-electron chi connectivity index (χ0n) is 21.1. The summed E-state index contributed by atoms with van der Waals surface area (Å²) in [4.78, 5) is 13.1. The molecule has 0 saturated carbocycles. The zero-order valence-corrected chi connectivity index (χ0v) is 24.7. The minimum absolute atomic E-state index is 0.0953. The standard InChI is InChI=1S/C15H18ClO3.3C4H9.Sn/c1-3-12(15(17)18-4-2)6-5-11-19-14-9-7-13(16)8-10-14;3*1-3-4-2;/h7-10H,4-6,11H2,1-2H3;3*1,3-4H2,2H3;. The van der Waals surface area contributed by atoms with Crippen LogP contribution in [0.5, 0.6) is 5.75 Å². The van der Waals surface area contributed by atoms with Crippen molar-refractivity contribution in [1.29, 1.82) is 0 Å². The molecule has 0 amide bonds. The SMILES string of the molecule is CCC[CH2][Sn]([CH2]CCC)([CH2]CCC)/[C](C)=C(/CCCOc1ccc(Cl)cc1)C(=O)OCC. The van der Waals surface area contributed by atoms with Gasteiger partial charge in [-0.2, -0.15) is 0 Å². The van der Waals surface area contributed by atoms with Crippen molar-refractivity contribution in [2.45, 2.75) is 99.3 Å². The van der Waals surface area contributed by atoms with Crippen LogP contribution in [0, 0.1) is 0 Å². The Kier molecular flexibility index (Phi) is 15.5. The molecule has 0 aromatic heterocycles. The second-order valence-electron chi connectivity index (χ2n) is 8.82. The summed E-state index contributed by atoms with van der Waals surface area (Å²) in [7, 11) is 0. The van der Waals surface area contributed by atoms with Crippen molar-refractivity contribution in [3.05, 3.63) is 38.5 Å². The molecule has 0 aliphatic heterocycles. The summed E-state index contributed by atoms with van der Waals surface area (Å²) in [5.41, 5.74) is 0.964. The van der Waals surface area contributed by atoms with Crippen molar-refractivity contribution in [2.24, 2.45) is 0 Å². The number of carbonyl (C=O) groups is 1. The van der Waals surface area contributed by atoms with Crippen molar-refractivity contribution < 1.29 is 14.3 Å². The molecule has 0 bridgehead atoms. The molecular weight excluding hydrogens is 526 g/mol. The van der Waals surface area contributed by atoms with Gasteiger partial charge in [0.15, 0.2) is 0 Å². The van der Waals surface area contributed by atoms with Gasteiger partial charge in [-0.3, -0.25) is 0 Å². The first-order valence-electron chi connectivity index (χ1n) is 12.7. The molecule has 182 valence electrons. The van der Waals surface area contributed by atoms with Crippen molar-refractivity contribution in [2.75, 3.05) is 13.2 Å². The number of allylic oxidation sites excluding steroid dienone is 1. The Morgan fingerprint density at radius 1 is 0.875 bits per heavy atom. The second kappa shape index (κ2) is 16.9. The van der Waals surface area contributed by atoms with Crippen LogP contribution in [0.25, 0.3) is 0 Å². The van der Waals surface area contributed by atoms with Crippen LogP contribution in [-0.4, -0.2) is 37.6 Å². The predicted octanol–water partition coefficient (Wildman–Crippen LogP) is 8.77. The van der Waals surface area contributed by atoms with Gasteiger partial charge in [0.05, 0.1) is 0 Å². The van der Waals surface area contributed by atoms with E-state index >= 15 is 0 Å². The minimum atomic E-state index is -2.66. The summed E-state index contributed by atoms with van der Waals surface area (Å²) in [6.07, 6.45) is 9.10. The Labute approximate surface area is 206 Å². The van der Waals surface area contributed by atoms with E-state index in [1.165, 1.54) is 55.4 Å². The maximum absolute atomic E-state index is 13.1. The van der Waals surface area contributed by atoms with Crippen LogP contribution in [0.1, 0.15) is 86.0 Å². The number of unbranched alkanes of at least 4 members (excludes halogenated alkanes) is 3. The fourth-order valence-corrected chi connectivity index (χ4v) is 21.2. The molecule has 1 aromatic rings. The Hall–Kier alpha value is -0.681. The van der Waals surface area contributed by atoms with Crippen molar-refractivity contribution in [1.82, 2.24) is 0 Å². The molecule has 0 atom stereocenters. The summed E-state index contributed by atoms with van der Waals surface area (Å²) in [6.45, 7) is 12.1. The second-order valence-corrected chi connectivity index (χ2v) is 23.0. The quantitative estimate of drug-likeness (QED) is 0.0811. The van der Waals surface area contributed by atoms with Gasteiger partial charge in [-0.25, -0.2) is 0 Å². The number of hydrogen-bond acceptors (Lipinski definition) is 3. The summed E-state index contributed by atoms with van der Waals surface area (Å²) in [5, 5.41) is 0.704. The monoisotopic (exact) mass is 572 g/mol. The van der Waals surface area contributed by atoms with Crippen molar-refractivity contribution in [3.63, 3.8) is 0 Å². The van der Waals surface area contributed by atoms with E-state index in [9.17, 15) is 4.79 Å². The number of hydrogen-bond donors (Lipinski definition) is 0. The number of ether oxygens (including phenoxy) is 2. The zero-order chi connectivity index (χ0) is 23.8. The van der Waals surface area contributed by atoms with Crippen LogP contribution in [-0.2, 0) is 9.53 Å². The number of carbonyl (C=O) groups excluding carboxylic acids is 1. The van der Waals surface area contributed by atoms with Crippen LogP contribution >= 0.6 is 11.6 Å². The van der Waals surface area contributed by atoms with E-state index in [0.717, 1.165) is 24.2 Å². The number of esters is 1. The fraction of sp³-hybridized carbons (Fsp3) is 0.667. The van der Waals surface area contributed by atoms with E-state index in [4.69, 9.17) is 21.1 Å². The Morgan fingerprint density at radius 3 is 1.88 bits per heavy atom. The van der Waals surface area contributed by atoms with Gasteiger partial charge in [0.25, 0.3) is 0 Å². The summed E-state index contributed by atoms with van der Waals surface area (Å²) >= 11 is 3.30. The van der Waals surface area contributed by atoms with Crippen LogP contribution in [0.15, 0.2) is 33.4 Å². The van der Waals surface area contributed by atoms with Gasteiger partial charge in [0.2, 0.25) is 0 Å². The predicted molar refractivity (Wildman–Crippen MR) is 140 cm³/mol. The average molecular weight is 572 g/mol. The van der Waals surface area contributed by atoms with Gasteiger partial charge < -0.3 is 0 Å². The van der Waals surface area contributed by atoms with E-state index in [2.05, 4.69) is 27.7 Å². The van der Waals surface area contributed by atoms with Gasteiger partial charge >= 0.3 is 207 Å². The van der Waals surface area contributed by atoms with E-state index in [-0.39, 0.29) is 5.97 Å². The van der Waals surface area contributed by atoms with E-state index in [1.54, 1.807) is 0 Å². The Morgan fingerprint density at radius 2 is 1.41 bits per heavy atom. The third-order valence-electron chi connectivity index (χ3n) is 6.45. The molecule has 5 heteroatoms. The van der Waals surface area contributed by atoms with Crippen LogP contribution < -0.4 is 4.74 Å². The van der Waals surface area contributed by atoms with Gasteiger partial charge in [-0.1, -0.05) is 0 Å². The van der Waals surface area contributed by atoms with E-state index in [0.29, 0.717) is 18.2 Å². The summed E-state index contributed by atoms with van der Waals surface area (Å²) in [6, 6.07) is 7.45. The molecule has 0 unspecified atom stereocenters. The molecule has 0 spiro atoms. The Balaban J connectivity index is 3.10. The van der Waals surface area contributed by atoms with Crippen LogP contribution in [0.2, 0.25) is 18.3 Å². The molecule has 32 heavy (non-hydrogen) atoms. The molecule has 0 fully saturated rings. The molecular formula is C27H45ClO3Sn. The molecule has 3 nitrogen and oxygen atoms in total. The normalized spacial score (nSPS) is 12.4.